The van der Waals surface area contributed by atoms with Gasteiger partial charge in [0.1, 0.15) is 36.4 Å². The van der Waals surface area contributed by atoms with Crippen LogP contribution in [0.15, 0.2) is 61.4 Å². The van der Waals surface area contributed by atoms with E-state index in [1.807, 2.05) is 0 Å². The summed E-state index contributed by atoms with van der Waals surface area (Å²) in [5, 5.41) is 19.1. The molecule has 0 spiro atoms. The van der Waals surface area contributed by atoms with E-state index in [4.69, 9.17) is 0 Å². The summed E-state index contributed by atoms with van der Waals surface area (Å²) in [7, 11) is 0. The van der Waals surface area contributed by atoms with E-state index in [-0.39, 0.29) is 23.7 Å². The molecule has 0 fully saturated rings. The maximum atomic E-state index is 14.5. The summed E-state index contributed by atoms with van der Waals surface area (Å²) in [5.74, 6) is -2.69. The topological polar surface area (TPSA) is 90.9 Å². The average Bonchev–Trinajstić information content (AvgIpc) is 3.48. The second-order valence-corrected chi connectivity index (χ2v) is 7.34. The molecule has 0 aliphatic heterocycles. The SMILES string of the molecule is OC(C(Cn1cncn1)c1ccc(F)cc1F)n1cnc(C=Cc2ccc(OC(F)(F)F)cc2)n1. The van der Waals surface area contributed by atoms with Gasteiger partial charge in [0, 0.05) is 6.07 Å². The van der Waals surface area contributed by atoms with Crippen molar-refractivity contribution in [1.82, 2.24) is 29.5 Å². The largest absolute Gasteiger partial charge is 0.573 e. The van der Waals surface area contributed by atoms with E-state index >= 15 is 0 Å². The lowest BCUT2D eigenvalue weighted by Gasteiger charge is -2.23. The highest BCUT2D eigenvalue weighted by Crippen LogP contribution is 2.30. The summed E-state index contributed by atoms with van der Waals surface area (Å²) < 4.78 is 71.1. The molecule has 2 heterocycles. The predicted octanol–water partition coefficient (Wildman–Crippen LogP) is 4.19. The van der Waals surface area contributed by atoms with Crippen molar-refractivity contribution in [2.45, 2.75) is 25.1 Å². The molecule has 0 saturated heterocycles. The van der Waals surface area contributed by atoms with Gasteiger partial charge >= 0.3 is 6.36 Å². The lowest BCUT2D eigenvalue weighted by Crippen LogP contribution is -2.24. The van der Waals surface area contributed by atoms with E-state index in [0.29, 0.717) is 5.56 Å². The van der Waals surface area contributed by atoms with E-state index in [1.165, 1.54) is 47.9 Å². The highest BCUT2D eigenvalue weighted by atomic mass is 19.4. The Morgan fingerprint density at radius 3 is 2.46 bits per heavy atom. The molecule has 2 aromatic heterocycles. The van der Waals surface area contributed by atoms with Crippen molar-refractivity contribution < 1.29 is 31.8 Å². The van der Waals surface area contributed by atoms with Crippen molar-refractivity contribution in [2.24, 2.45) is 0 Å². The van der Waals surface area contributed by atoms with Crippen molar-refractivity contribution >= 4 is 12.2 Å². The highest BCUT2D eigenvalue weighted by Gasteiger charge is 2.31. The first-order valence-electron chi connectivity index (χ1n) is 10.1. The smallest absolute Gasteiger partial charge is 0.406 e. The van der Waals surface area contributed by atoms with Crippen LogP contribution in [0.25, 0.3) is 12.2 Å². The first-order valence-corrected chi connectivity index (χ1v) is 10.1. The van der Waals surface area contributed by atoms with Gasteiger partial charge in [-0.15, -0.1) is 18.3 Å². The Kier molecular flexibility index (Phi) is 6.87. The lowest BCUT2D eigenvalue weighted by molar-refractivity contribution is -0.274. The van der Waals surface area contributed by atoms with Crippen LogP contribution in [-0.2, 0) is 6.54 Å². The zero-order chi connectivity index (χ0) is 25.0. The second-order valence-electron chi connectivity index (χ2n) is 7.34. The first-order chi connectivity index (χ1) is 16.7. The molecule has 182 valence electrons. The number of hydrogen-bond acceptors (Lipinski definition) is 6. The van der Waals surface area contributed by atoms with E-state index in [1.54, 1.807) is 6.08 Å². The number of aromatic nitrogens is 6. The average molecular weight is 492 g/mol. The molecule has 0 saturated carbocycles. The molecule has 8 nitrogen and oxygen atoms in total. The third-order valence-corrected chi connectivity index (χ3v) is 4.91. The molecule has 2 aromatic carbocycles. The Hall–Kier alpha value is -4.13. The van der Waals surface area contributed by atoms with Crippen LogP contribution >= 0.6 is 0 Å². The zero-order valence-electron chi connectivity index (χ0n) is 17.7. The maximum absolute atomic E-state index is 14.5. The standard InChI is InChI=1S/C22H17F5N6O2/c23-15-4-7-17(19(24)9-15)18(10-32-12-28-11-30-32)21(34)33-13-29-20(31-33)8-3-14-1-5-16(6-2-14)35-22(25,26)27/h1-9,11-13,18,21,34H,10H2. The summed E-state index contributed by atoms with van der Waals surface area (Å²) in [6, 6.07) is 8.18. The lowest BCUT2D eigenvalue weighted by atomic mass is 9.96. The summed E-state index contributed by atoms with van der Waals surface area (Å²) >= 11 is 0. The summed E-state index contributed by atoms with van der Waals surface area (Å²) in [5.41, 5.74) is 0.594. The number of ether oxygens (including phenoxy) is 1. The molecule has 2 unspecified atom stereocenters. The molecule has 4 rings (SSSR count). The number of aliphatic hydroxyl groups is 1. The van der Waals surface area contributed by atoms with Gasteiger partial charge in [-0.3, -0.25) is 4.68 Å². The van der Waals surface area contributed by atoms with E-state index in [0.717, 1.165) is 28.9 Å². The van der Waals surface area contributed by atoms with E-state index in [2.05, 4.69) is 24.9 Å². The normalized spacial score (nSPS) is 13.8. The predicted molar refractivity (Wildman–Crippen MR) is 112 cm³/mol. The van der Waals surface area contributed by atoms with Crippen molar-refractivity contribution in [1.29, 1.82) is 0 Å². The van der Waals surface area contributed by atoms with Crippen LogP contribution in [-0.4, -0.2) is 41.0 Å². The molecule has 35 heavy (non-hydrogen) atoms. The van der Waals surface area contributed by atoms with Crippen LogP contribution in [0, 0.1) is 11.6 Å². The summed E-state index contributed by atoms with van der Waals surface area (Å²) in [6.45, 7) is 0.0150. The van der Waals surface area contributed by atoms with Crippen molar-refractivity contribution in [3.05, 3.63) is 90.0 Å². The minimum Gasteiger partial charge on any atom is -0.406 e. The van der Waals surface area contributed by atoms with Gasteiger partial charge in [0.25, 0.3) is 0 Å². The van der Waals surface area contributed by atoms with Crippen LogP contribution in [0.5, 0.6) is 5.75 Å². The molecule has 0 bridgehead atoms. The second kappa shape index (κ2) is 10.0. The molecule has 0 aliphatic rings. The van der Waals surface area contributed by atoms with Crippen LogP contribution in [0.3, 0.4) is 0 Å². The Labute approximate surface area is 194 Å². The van der Waals surface area contributed by atoms with Gasteiger partial charge in [0.05, 0.1) is 12.5 Å². The van der Waals surface area contributed by atoms with Gasteiger partial charge in [-0.05, 0) is 35.4 Å². The van der Waals surface area contributed by atoms with Gasteiger partial charge < -0.3 is 9.84 Å². The third kappa shape index (κ3) is 6.26. The summed E-state index contributed by atoms with van der Waals surface area (Å²) in [6.07, 6.45) is 0.765. The number of nitrogens with zero attached hydrogens (tertiary/aromatic N) is 6. The molecule has 4 aromatic rings. The van der Waals surface area contributed by atoms with E-state index in [9.17, 15) is 27.1 Å². The minimum absolute atomic E-state index is 0.0150. The fourth-order valence-electron chi connectivity index (χ4n) is 3.31. The Bertz CT molecular complexity index is 1290. The molecular formula is C22H17F5N6O2. The Balaban J connectivity index is 1.52. The van der Waals surface area contributed by atoms with Crippen molar-refractivity contribution in [2.75, 3.05) is 0 Å². The molecule has 1 N–H and O–H groups in total. The maximum Gasteiger partial charge on any atom is 0.573 e. The van der Waals surface area contributed by atoms with Crippen molar-refractivity contribution in [3.8, 4) is 5.75 Å². The van der Waals surface area contributed by atoms with Crippen LogP contribution in [0.4, 0.5) is 22.0 Å². The minimum atomic E-state index is -4.78. The molecule has 2 atom stereocenters. The van der Waals surface area contributed by atoms with Gasteiger partial charge in [-0.2, -0.15) is 5.10 Å². The molecule has 13 heteroatoms. The number of halogens is 5. The third-order valence-electron chi connectivity index (χ3n) is 4.91. The molecule has 0 amide bonds. The number of hydrogen-bond donors (Lipinski definition) is 1. The number of alkyl halides is 3. The first kappa shape index (κ1) is 24.0. The number of benzene rings is 2. The van der Waals surface area contributed by atoms with Gasteiger partial charge in [-0.25, -0.2) is 23.4 Å². The van der Waals surface area contributed by atoms with Crippen molar-refractivity contribution in [3.63, 3.8) is 0 Å². The van der Waals surface area contributed by atoms with Crippen LogP contribution in [0.1, 0.15) is 29.1 Å². The van der Waals surface area contributed by atoms with Crippen LogP contribution in [0.2, 0.25) is 0 Å². The summed E-state index contributed by atoms with van der Waals surface area (Å²) in [4.78, 5) is 7.90. The molecule has 0 aliphatic carbocycles. The Morgan fingerprint density at radius 2 is 1.80 bits per heavy atom. The van der Waals surface area contributed by atoms with Gasteiger partial charge in [0.2, 0.25) is 0 Å². The van der Waals surface area contributed by atoms with Gasteiger partial charge in [-0.1, -0.05) is 24.3 Å². The zero-order valence-corrected chi connectivity index (χ0v) is 17.7. The quantitative estimate of drug-likeness (QED) is 0.371. The van der Waals surface area contributed by atoms with Crippen LogP contribution < -0.4 is 4.74 Å². The number of rotatable bonds is 8. The monoisotopic (exact) mass is 492 g/mol. The fourth-order valence-corrected chi connectivity index (χ4v) is 3.31. The highest BCUT2D eigenvalue weighted by molar-refractivity contribution is 5.66. The van der Waals surface area contributed by atoms with E-state index < -0.39 is 30.1 Å². The Morgan fingerprint density at radius 1 is 1.03 bits per heavy atom. The molecular weight excluding hydrogens is 475 g/mol. The fraction of sp³-hybridized carbons (Fsp3) is 0.182. The van der Waals surface area contributed by atoms with Gasteiger partial charge in [0.15, 0.2) is 12.1 Å². The molecule has 0 radical (unpaired) electrons. The number of aliphatic hydroxyl groups excluding tert-OH is 1.